The number of carboxylic acids is 1. The number of nitrogens with one attached hydrogen (secondary N) is 1. The van der Waals surface area contributed by atoms with Crippen molar-refractivity contribution in [2.45, 2.75) is 51.0 Å². The molecule has 1 aromatic rings. The summed E-state index contributed by atoms with van der Waals surface area (Å²) >= 11 is 0. The van der Waals surface area contributed by atoms with Crippen molar-refractivity contribution in [3.05, 3.63) is 29.8 Å². The van der Waals surface area contributed by atoms with E-state index < -0.39 is 5.97 Å². The third-order valence-electron chi connectivity index (χ3n) is 5.04. The average Bonchev–Trinajstić information content (AvgIpc) is 2.48. The Morgan fingerprint density at radius 3 is 2.40 bits per heavy atom. The highest BCUT2D eigenvalue weighted by Crippen LogP contribution is 2.41. The lowest BCUT2D eigenvalue weighted by molar-refractivity contribution is 0.0697. The molecule has 0 bridgehead atoms. The van der Waals surface area contributed by atoms with Gasteiger partial charge in [0, 0.05) is 11.7 Å². The summed E-state index contributed by atoms with van der Waals surface area (Å²) in [4.78, 5) is 10.8. The Bertz CT molecular complexity index is 468. The summed E-state index contributed by atoms with van der Waals surface area (Å²) in [6.07, 6.45) is 9.56. The lowest BCUT2D eigenvalue weighted by Crippen LogP contribution is -2.34. The molecule has 0 heterocycles. The molecule has 0 amide bonds. The van der Waals surface area contributed by atoms with Gasteiger partial charge >= 0.3 is 5.97 Å². The van der Waals surface area contributed by atoms with Gasteiger partial charge in [-0.05, 0) is 55.4 Å². The van der Waals surface area contributed by atoms with E-state index in [1.165, 1.54) is 44.9 Å². The second-order valence-electron chi connectivity index (χ2n) is 6.34. The number of anilines is 1. The quantitative estimate of drug-likeness (QED) is 0.869. The van der Waals surface area contributed by atoms with E-state index in [2.05, 4.69) is 5.32 Å². The Hall–Kier alpha value is -1.51. The maximum atomic E-state index is 10.8. The van der Waals surface area contributed by atoms with Crippen LogP contribution in [0.4, 0.5) is 5.69 Å². The SMILES string of the molecule is O=C(O)c1ccc(NC2CCC3CCCCC3C2)cc1. The molecule has 0 aromatic heterocycles. The predicted octanol–water partition coefficient (Wildman–Crippen LogP) is 4.16. The minimum Gasteiger partial charge on any atom is -0.478 e. The largest absolute Gasteiger partial charge is 0.478 e. The first-order chi connectivity index (χ1) is 9.72. The van der Waals surface area contributed by atoms with Gasteiger partial charge in [0.15, 0.2) is 0 Å². The van der Waals surface area contributed by atoms with E-state index in [0.29, 0.717) is 11.6 Å². The Balaban J connectivity index is 1.59. The van der Waals surface area contributed by atoms with Crippen molar-refractivity contribution in [1.82, 2.24) is 0 Å². The second-order valence-corrected chi connectivity index (χ2v) is 6.34. The highest BCUT2D eigenvalue weighted by molar-refractivity contribution is 5.87. The molecule has 0 spiro atoms. The van der Waals surface area contributed by atoms with Crippen molar-refractivity contribution in [1.29, 1.82) is 0 Å². The van der Waals surface area contributed by atoms with Gasteiger partial charge in [-0.2, -0.15) is 0 Å². The van der Waals surface area contributed by atoms with Gasteiger partial charge in [-0.1, -0.05) is 25.7 Å². The monoisotopic (exact) mass is 273 g/mol. The number of fused-ring (bicyclic) bond motifs is 1. The summed E-state index contributed by atoms with van der Waals surface area (Å²) in [5.41, 5.74) is 1.40. The zero-order chi connectivity index (χ0) is 13.9. The molecule has 0 saturated heterocycles. The molecule has 0 aliphatic heterocycles. The van der Waals surface area contributed by atoms with Gasteiger partial charge in [-0.25, -0.2) is 4.79 Å². The molecule has 2 N–H and O–H groups in total. The van der Waals surface area contributed by atoms with E-state index in [0.717, 1.165) is 17.5 Å². The molecular formula is C17H23NO2. The van der Waals surface area contributed by atoms with Crippen molar-refractivity contribution in [2.75, 3.05) is 5.32 Å². The molecule has 0 radical (unpaired) electrons. The predicted molar refractivity (Wildman–Crippen MR) is 80.1 cm³/mol. The lowest BCUT2D eigenvalue weighted by atomic mass is 9.69. The van der Waals surface area contributed by atoms with Gasteiger partial charge in [0.25, 0.3) is 0 Å². The first-order valence-electron chi connectivity index (χ1n) is 7.82. The Labute approximate surface area is 120 Å². The molecule has 2 aliphatic rings. The Morgan fingerprint density at radius 1 is 1.00 bits per heavy atom. The van der Waals surface area contributed by atoms with Crippen LogP contribution in [0.1, 0.15) is 55.3 Å². The minimum atomic E-state index is -0.862. The van der Waals surface area contributed by atoms with Crippen LogP contribution in [0.15, 0.2) is 24.3 Å². The highest BCUT2D eigenvalue weighted by Gasteiger charge is 2.31. The first-order valence-corrected chi connectivity index (χ1v) is 7.82. The van der Waals surface area contributed by atoms with Crippen LogP contribution < -0.4 is 5.32 Å². The van der Waals surface area contributed by atoms with E-state index in [1.54, 1.807) is 12.1 Å². The van der Waals surface area contributed by atoms with Crippen LogP contribution >= 0.6 is 0 Å². The fourth-order valence-electron chi connectivity index (χ4n) is 3.95. The van der Waals surface area contributed by atoms with Crippen LogP contribution in [-0.4, -0.2) is 17.1 Å². The van der Waals surface area contributed by atoms with Gasteiger partial charge in [0.2, 0.25) is 0 Å². The third-order valence-corrected chi connectivity index (χ3v) is 5.04. The molecule has 1 aromatic carbocycles. The Morgan fingerprint density at radius 2 is 1.70 bits per heavy atom. The maximum Gasteiger partial charge on any atom is 0.335 e. The summed E-state index contributed by atoms with van der Waals surface area (Å²) in [7, 11) is 0. The fraction of sp³-hybridized carbons (Fsp3) is 0.588. The van der Waals surface area contributed by atoms with E-state index in [1.807, 2.05) is 12.1 Å². The maximum absolute atomic E-state index is 10.8. The normalized spacial score (nSPS) is 29.5. The summed E-state index contributed by atoms with van der Waals surface area (Å²) in [6.45, 7) is 0. The second kappa shape index (κ2) is 5.86. The molecule has 3 unspecified atom stereocenters. The Kier molecular flexibility index (Phi) is 3.95. The zero-order valence-corrected chi connectivity index (χ0v) is 11.8. The van der Waals surface area contributed by atoms with Crippen molar-refractivity contribution in [2.24, 2.45) is 11.8 Å². The van der Waals surface area contributed by atoms with Crippen molar-refractivity contribution in [3.8, 4) is 0 Å². The van der Waals surface area contributed by atoms with E-state index >= 15 is 0 Å². The molecule has 20 heavy (non-hydrogen) atoms. The number of hydrogen-bond acceptors (Lipinski definition) is 2. The van der Waals surface area contributed by atoms with Crippen LogP contribution in [0, 0.1) is 11.8 Å². The minimum absolute atomic E-state index is 0.353. The van der Waals surface area contributed by atoms with E-state index in [4.69, 9.17) is 5.11 Å². The smallest absolute Gasteiger partial charge is 0.335 e. The van der Waals surface area contributed by atoms with Crippen LogP contribution in [0.2, 0.25) is 0 Å². The molecule has 108 valence electrons. The van der Waals surface area contributed by atoms with Gasteiger partial charge < -0.3 is 10.4 Å². The summed E-state index contributed by atoms with van der Waals surface area (Å²) < 4.78 is 0. The summed E-state index contributed by atoms with van der Waals surface area (Å²) in [6, 6.07) is 7.69. The standard InChI is InChI=1S/C17H23NO2/c19-17(20)13-6-8-15(9-7-13)18-16-10-5-12-3-1-2-4-14(12)11-16/h6-9,12,14,16,18H,1-5,10-11H2,(H,19,20). The highest BCUT2D eigenvalue weighted by atomic mass is 16.4. The number of rotatable bonds is 3. The van der Waals surface area contributed by atoms with Crippen LogP contribution in [0.3, 0.4) is 0 Å². The fourth-order valence-corrected chi connectivity index (χ4v) is 3.95. The zero-order valence-electron chi connectivity index (χ0n) is 11.8. The van der Waals surface area contributed by atoms with Crippen molar-refractivity contribution >= 4 is 11.7 Å². The molecule has 2 aliphatic carbocycles. The van der Waals surface area contributed by atoms with Crippen molar-refractivity contribution in [3.63, 3.8) is 0 Å². The number of benzene rings is 1. The van der Waals surface area contributed by atoms with E-state index in [9.17, 15) is 4.79 Å². The van der Waals surface area contributed by atoms with Crippen LogP contribution in [0.25, 0.3) is 0 Å². The first kappa shape index (κ1) is 13.5. The van der Waals surface area contributed by atoms with Crippen LogP contribution in [0.5, 0.6) is 0 Å². The third kappa shape index (κ3) is 2.97. The number of hydrogen-bond donors (Lipinski definition) is 2. The van der Waals surface area contributed by atoms with Gasteiger partial charge in [-0.15, -0.1) is 0 Å². The average molecular weight is 273 g/mol. The van der Waals surface area contributed by atoms with Gasteiger partial charge in [0.1, 0.15) is 0 Å². The summed E-state index contributed by atoms with van der Waals surface area (Å²) in [5.74, 6) is 1.02. The molecule has 3 rings (SSSR count). The van der Waals surface area contributed by atoms with E-state index in [-0.39, 0.29) is 0 Å². The van der Waals surface area contributed by atoms with Gasteiger partial charge in [0.05, 0.1) is 5.56 Å². The number of carboxylic acid groups (broad SMARTS) is 1. The number of aromatic carboxylic acids is 1. The molecule has 3 heteroatoms. The van der Waals surface area contributed by atoms with Crippen LogP contribution in [-0.2, 0) is 0 Å². The molecule has 3 atom stereocenters. The van der Waals surface area contributed by atoms with Gasteiger partial charge in [-0.3, -0.25) is 0 Å². The lowest BCUT2D eigenvalue weighted by Gasteiger charge is -2.39. The molecular weight excluding hydrogens is 250 g/mol. The molecule has 2 saturated carbocycles. The summed E-state index contributed by atoms with van der Waals surface area (Å²) in [5, 5.41) is 12.5. The topological polar surface area (TPSA) is 49.3 Å². The molecule has 2 fully saturated rings. The molecule has 3 nitrogen and oxygen atoms in total. The number of carbonyl (C=O) groups is 1. The van der Waals surface area contributed by atoms with Crippen molar-refractivity contribution < 1.29 is 9.90 Å².